The quantitative estimate of drug-likeness (QED) is 0.0729. The zero-order valence-corrected chi connectivity index (χ0v) is 34.1. The number of carbonyl (C=O) groups is 2. The Morgan fingerprint density at radius 1 is 0.467 bits per heavy atom. The van der Waals surface area contributed by atoms with Crippen LogP contribution in [0.25, 0.3) is 0 Å². The number of carbonyl (C=O) groups excluding carboxylic acids is 2. The summed E-state index contributed by atoms with van der Waals surface area (Å²) in [5.41, 5.74) is -2.92. The van der Waals surface area contributed by atoms with Crippen LogP contribution in [0.5, 0.6) is 23.0 Å². The third kappa shape index (κ3) is 7.33. The number of para-hydroxylation sites is 4. The predicted octanol–water partition coefficient (Wildman–Crippen LogP) is 7.78. The topological polar surface area (TPSA) is 136 Å². The SMILES string of the molecule is COc1ccccc1C(O)(c1ccccc1OC)[C@H](NC(=O)C1(C(=O)N[C@H](c2ccccc2)C(O)(c2ccccc2OC)c2ccccc2OC)CCC1)c1ccccc1. The molecule has 1 saturated carbocycles. The summed E-state index contributed by atoms with van der Waals surface area (Å²) < 4.78 is 23.3. The van der Waals surface area contributed by atoms with Crippen LogP contribution in [0.4, 0.5) is 0 Å². The lowest BCUT2D eigenvalue weighted by Gasteiger charge is -2.45. The van der Waals surface area contributed by atoms with Gasteiger partial charge in [-0.3, -0.25) is 9.59 Å². The number of aliphatic hydroxyl groups is 2. The molecule has 10 nitrogen and oxygen atoms in total. The average molecular weight is 807 g/mol. The molecule has 0 radical (unpaired) electrons. The molecular weight excluding hydrogens is 757 g/mol. The molecule has 7 rings (SSSR count). The molecule has 1 aliphatic rings. The van der Waals surface area contributed by atoms with Gasteiger partial charge in [0.05, 0.1) is 40.5 Å². The number of methoxy groups -OCH3 is 4. The van der Waals surface area contributed by atoms with Crippen LogP contribution in [0.2, 0.25) is 0 Å². The largest absolute Gasteiger partial charge is 0.496 e. The lowest BCUT2D eigenvalue weighted by molar-refractivity contribution is -0.153. The van der Waals surface area contributed by atoms with Gasteiger partial charge in [-0.15, -0.1) is 0 Å². The van der Waals surface area contributed by atoms with E-state index in [1.807, 2.05) is 60.7 Å². The lowest BCUT2D eigenvalue weighted by atomic mass is 9.66. The highest BCUT2D eigenvalue weighted by atomic mass is 16.5. The summed E-state index contributed by atoms with van der Waals surface area (Å²) in [4.78, 5) is 30.5. The summed E-state index contributed by atoms with van der Waals surface area (Å²) in [6.07, 6.45) is 1.04. The number of hydrogen-bond acceptors (Lipinski definition) is 8. The van der Waals surface area contributed by atoms with Gasteiger partial charge in [-0.25, -0.2) is 0 Å². The first-order valence-electron chi connectivity index (χ1n) is 19.9. The summed E-state index contributed by atoms with van der Waals surface area (Å²) in [6, 6.07) is 44.3. The minimum Gasteiger partial charge on any atom is -0.496 e. The van der Waals surface area contributed by atoms with Crippen molar-refractivity contribution < 1.29 is 38.7 Å². The fraction of sp³-hybridized carbons (Fsp3) is 0.240. The highest BCUT2D eigenvalue weighted by molar-refractivity contribution is 6.06. The second-order valence-electron chi connectivity index (χ2n) is 14.9. The molecule has 0 heterocycles. The van der Waals surface area contributed by atoms with Crippen molar-refractivity contribution in [1.82, 2.24) is 10.6 Å². The molecule has 2 amide bonds. The number of amides is 2. The van der Waals surface area contributed by atoms with E-state index in [1.54, 1.807) is 97.1 Å². The van der Waals surface area contributed by atoms with Gasteiger partial charge in [-0.2, -0.15) is 0 Å². The number of rotatable bonds is 16. The molecule has 0 spiro atoms. The first kappa shape index (κ1) is 41.5. The second-order valence-corrected chi connectivity index (χ2v) is 14.9. The maximum atomic E-state index is 15.3. The molecule has 10 heteroatoms. The highest BCUT2D eigenvalue weighted by Crippen LogP contribution is 2.51. The maximum Gasteiger partial charge on any atom is 0.236 e. The molecule has 308 valence electrons. The molecule has 0 bridgehead atoms. The van der Waals surface area contributed by atoms with Gasteiger partial charge in [-0.1, -0.05) is 140 Å². The average Bonchev–Trinajstić information content (AvgIpc) is 3.29. The van der Waals surface area contributed by atoms with Crippen LogP contribution in [0.1, 0.15) is 64.7 Å². The molecule has 1 fully saturated rings. The van der Waals surface area contributed by atoms with Crippen LogP contribution in [0.15, 0.2) is 158 Å². The van der Waals surface area contributed by atoms with Gasteiger partial charge in [0, 0.05) is 22.3 Å². The van der Waals surface area contributed by atoms with Crippen LogP contribution in [0.3, 0.4) is 0 Å². The Morgan fingerprint density at radius 2 is 0.733 bits per heavy atom. The van der Waals surface area contributed by atoms with Gasteiger partial charge < -0.3 is 39.8 Å². The first-order chi connectivity index (χ1) is 29.2. The fourth-order valence-corrected chi connectivity index (χ4v) is 8.53. The summed E-state index contributed by atoms with van der Waals surface area (Å²) in [7, 11) is 6.08. The van der Waals surface area contributed by atoms with Gasteiger partial charge in [0.25, 0.3) is 0 Å². The zero-order chi connectivity index (χ0) is 42.3. The van der Waals surface area contributed by atoms with Crippen LogP contribution in [-0.2, 0) is 20.8 Å². The Balaban J connectivity index is 1.37. The molecule has 2 atom stereocenters. The summed E-state index contributed by atoms with van der Waals surface area (Å²) in [5, 5.41) is 33.3. The summed E-state index contributed by atoms with van der Waals surface area (Å²) >= 11 is 0. The third-order valence-electron chi connectivity index (χ3n) is 11.8. The van der Waals surface area contributed by atoms with E-state index in [9.17, 15) is 10.2 Å². The zero-order valence-electron chi connectivity index (χ0n) is 34.1. The molecule has 0 saturated heterocycles. The molecule has 0 unspecified atom stereocenters. The van der Waals surface area contributed by atoms with Crippen molar-refractivity contribution in [3.63, 3.8) is 0 Å². The Kier molecular flexibility index (Phi) is 12.3. The molecule has 4 N–H and O–H groups in total. The van der Waals surface area contributed by atoms with E-state index in [-0.39, 0.29) is 12.8 Å². The Hall–Kier alpha value is -6.62. The van der Waals surface area contributed by atoms with Crippen molar-refractivity contribution in [3.05, 3.63) is 191 Å². The van der Waals surface area contributed by atoms with Gasteiger partial charge in [-0.05, 0) is 48.2 Å². The maximum absolute atomic E-state index is 15.3. The highest BCUT2D eigenvalue weighted by Gasteiger charge is 2.56. The van der Waals surface area contributed by atoms with Crippen molar-refractivity contribution in [1.29, 1.82) is 0 Å². The molecule has 60 heavy (non-hydrogen) atoms. The second kappa shape index (κ2) is 17.7. The number of hydrogen-bond donors (Lipinski definition) is 4. The Labute approximate surface area is 350 Å². The molecule has 0 aromatic heterocycles. The van der Waals surface area contributed by atoms with Gasteiger partial charge in [0.1, 0.15) is 39.6 Å². The fourth-order valence-electron chi connectivity index (χ4n) is 8.53. The molecule has 1 aliphatic carbocycles. The first-order valence-corrected chi connectivity index (χ1v) is 19.9. The Morgan fingerprint density at radius 3 is 0.983 bits per heavy atom. The predicted molar refractivity (Wildman–Crippen MR) is 229 cm³/mol. The van der Waals surface area contributed by atoms with E-state index >= 15 is 9.59 Å². The molecular formula is C50H50N2O8. The van der Waals surface area contributed by atoms with E-state index in [0.29, 0.717) is 62.8 Å². The van der Waals surface area contributed by atoms with Gasteiger partial charge in [0.2, 0.25) is 11.8 Å². The Bertz CT molecular complexity index is 2160. The van der Waals surface area contributed by atoms with Crippen LogP contribution in [-0.4, -0.2) is 50.5 Å². The summed E-state index contributed by atoms with van der Waals surface area (Å²) in [5.74, 6) is 0.357. The monoisotopic (exact) mass is 806 g/mol. The van der Waals surface area contributed by atoms with Gasteiger partial charge >= 0.3 is 0 Å². The van der Waals surface area contributed by atoms with Crippen molar-refractivity contribution in [2.45, 2.75) is 42.5 Å². The van der Waals surface area contributed by atoms with E-state index in [4.69, 9.17) is 18.9 Å². The van der Waals surface area contributed by atoms with Crippen molar-refractivity contribution in [2.75, 3.05) is 28.4 Å². The standard InChI is InChI=1S/C50H50N2O8/c1-57-40-28-15-11-24-36(40)49(55,37-25-12-16-29-41(37)58-2)44(34-20-7-5-8-21-34)51-46(53)48(32-19-33-48)47(54)52-45(35-22-9-6-10-23-35)50(56,38-26-13-17-30-42(38)59-3)39-27-14-18-31-43(39)60-4/h5-18,20-31,44-45,55-56H,19,32-33H2,1-4H3,(H,51,53)(H,52,54)/t44-,45-/m1/s1. The van der Waals surface area contributed by atoms with E-state index in [0.717, 1.165) is 0 Å². The number of ether oxygens (including phenoxy) is 4. The van der Waals surface area contributed by atoms with E-state index in [1.165, 1.54) is 28.4 Å². The van der Waals surface area contributed by atoms with Crippen molar-refractivity contribution in [2.24, 2.45) is 5.41 Å². The van der Waals surface area contributed by atoms with E-state index in [2.05, 4.69) is 10.6 Å². The van der Waals surface area contributed by atoms with Crippen LogP contribution >= 0.6 is 0 Å². The van der Waals surface area contributed by atoms with Crippen LogP contribution in [0, 0.1) is 5.41 Å². The normalized spacial score (nSPS) is 14.4. The lowest BCUT2D eigenvalue weighted by Crippen LogP contribution is -2.59. The number of benzene rings is 6. The smallest absolute Gasteiger partial charge is 0.236 e. The number of nitrogens with one attached hydrogen (secondary N) is 2. The van der Waals surface area contributed by atoms with E-state index < -0.39 is 40.5 Å². The van der Waals surface area contributed by atoms with Crippen molar-refractivity contribution >= 4 is 11.8 Å². The van der Waals surface area contributed by atoms with Gasteiger partial charge in [0.15, 0.2) is 0 Å². The molecule has 0 aliphatic heterocycles. The van der Waals surface area contributed by atoms with Crippen LogP contribution < -0.4 is 29.6 Å². The molecule has 6 aromatic carbocycles. The minimum absolute atomic E-state index is 0.219. The third-order valence-corrected chi connectivity index (χ3v) is 11.8. The van der Waals surface area contributed by atoms with Crippen molar-refractivity contribution in [3.8, 4) is 23.0 Å². The minimum atomic E-state index is -1.99. The summed E-state index contributed by atoms with van der Waals surface area (Å²) in [6.45, 7) is 0. The molecule has 6 aromatic rings.